The zero-order chi connectivity index (χ0) is 25.7. The van der Waals surface area contributed by atoms with E-state index in [2.05, 4.69) is 20.4 Å². The highest BCUT2D eigenvalue weighted by molar-refractivity contribution is 6.06. The average Bonchev–Trinajstić information content (AvgIpc) is 3.28. The Hall–Kier alpha value is -3.81. The van der Waals surface area contributed by atoms with Crippen LogP contribution in [0.25, 0.3) is 22.3 Å². The summed E-state index contributed by atoms with van der Waals surface area (Å²) < 4.78 is 1.80. The molecular weight excluding hydrogens is 440 g/mol. The zero-order valence-corrected chi connectivity index (χ0v) is 21.5. The van der Waals surface area contributed by atoms with E-state index in [0.29, 0.717) is 27.9 Å². The maximum absolute atomic E-state index is 13.4. The summed E-state index contributed by atoms with van der Waals surface area (Å²) in [7, 11) is 0. The van der Waals surface area contributed by atoms with E-state index >= 15 is 0 Å². The number of pyridine rings is 3. The molecule has 0 atom stereocenters. The first kappa shape index (κ1) is 25.8. The number of aromatic nitrogens is 5. The fourth-order valence-corrected chi connectivity index (χ4v) is 3.96. The van der Waals surface area contributed by atoms with Gasteiger partial charge >= 0.3 is 0 Å². The van der Waals surface area contributed by atoms with Gasteiger partial charge in [-0.1, -0.05) is 27.7 Å². The van der Waals surface area contributed by atoms with Gasteiger partial charge in [0.25, 0.3) is 11.5 Å². The SMILES string of the molecule is CC.Cc1cc(C(C)C)c(CNC(=O)c2cc(-c3ccncc3)nc3c2cnn3C(C)C)c(=O)[nH]1. The van der Waals surface area contributed by atoms with Crippen LogP contribution in [0.3, 0.4) is 0 Å². The number of aromatic amines is 1. The van der Waals surface area contributed by atoms with Crippen molar-refractivity contribution in [2.75, 3.05) is 0 Å². The third-order valence-corrected chi connectivity index (χ3v) is 5.63. The van der Waals surface area contributed by atoms with E-state index in [4.69, 9.17) is 4.98 Å². The number of H-pyrrole nitrogens is 1. The van der Waals surface area contributed by atoms with Gasteiger partial charge in [0.2, 0.25) is 0 Å². The van der Waals surface area contributed by atoms with Crippen molar-refractivity contribution in [3.05, 3.63) is 75.6 Å². The smallest absolute Gasteiger partial charge is 0.253 e. The molecule has 0 aromatic carbocycles. The number of aryl methyl sites for hydroxylation is 1. The quantitative estimate of drug-likeness (QED) is 0.402. The first-order valence-corrected chi connectivity index (χ1v) is 12.1. The van der Waals surface area contributed by atoms with Crippen LogP contribution in [0.2, 0.25) is 0 Å². The lowest BCUT2D eigenvalue weighted by Crippen LogP contribution is -2.29. The van der Waals surface area contributed by atoms with Crippen LogP contribution in [0.1, 0.15) is 80.7 Å². The summed E-state index contributed by atoms with van der Waals surface area (Å²) in [4.78, 5) is 37.7. The van der Waals surface area contributed by atoms with E-state index in [-0.39, 0.29) is 30.0 Å². The Bertz CT molecular complexity index is 1370. The minimum Gasteiger partial charge on any atom is -0.348 e. The van der Waals surface area contributed by atoms with Crippen LogP contribution in [0.4, 0.5) is 0 Å². The van der Waals surface area contributed by atoms with Gasteiger partial charge in [0.1, 0.15) is 0 Å². The molecular formula is C27H34N6O2. The van der Waals surface area contributed by atoms with E-state index in [1.807, 2.05) is 66.7 Å². The number of rotatable bonds is 6. The Morgan fingerprint density at radius 2 is 1.80 bits per heavy atom. The summed E-state index contributed by atoms with van der Waals surface area (Å²) in [5.74, 6) is -0.121. The van der Waals surface area contributed by atoms with Crippen LogP contribution in [0.5, 0.6) is 0 Å². The van der Waals surface area contributed by atoms with E-state index < -0.39 is 0 Å². The van der Waals surface area contributed by atoms with Crippen molar-refractivity contribution >= 4 is 16.9 Å². The molecule has 0 aliphatic carbocycles. The Morgan fingerprint density at radius 1 is 1.11 bits per heavy atom. The number of hydrogen-bond acceptors (Lipinski definition) is 5. The summed E-state index contributed by atoms with van der Waals surface area (Å²) >= 11 is 0. The lowest BCUT2D eigenvalue weighted by Gasteiger charge is -2.14. The van der Waals surface area contributed by atoms with Crippen LogP contribution in [0.15, 0.2) is 47.7 Å². The molecule has 4 aromatic rings. The molecule has 2 N–H and O–H groups in total. The zero-order valence-electron chi connectivity index (χ0n) is 21.5. The van der Waals surface area contributed by atoms with Gasteiger partial charge in [-0.15, -0.1) is 0 Å². The lowest BCUT2D eigenvalue weighted by atomic mass is 9.98. The molecule has 0 bridgehead atoms. The monoisotopic (exact) mass is 474 g/mol. The van der Waals surface area contributed by atoms with Crippen molar-refractivity contribution in [2.24, 2.45) is 0 Å². The minimum absolute atomic E-state index is 0.0818. The molecule has 4 heterocycles. The summed E-state index contributed by atoms with van der Waals surface area (Å²) in [5.41, 5.74) is 4.75. The van der Waals surface area contributed by atoms with Gasteiger partial charge in [-0.3, -0.25) is 14.6 Å². The Morgan fingerprint density at radius 3 is 2.43 bits per heavy atom. The Labute approximate surface area is 205 Å². The molecule has 0 radical (unpaired) electrons. The summed E-state index contributed by atoms with van der Waals surface area (Å²) in [5, 5.41) is 8.07. The maximum atomic E-state index is 13.4. The topological polar surface area (TPSA) is 106 Å². The predicted molar refractivity (Wildman–Crippen MR) is 140 cm³/mol. The van der Waals surface area contributed by atoms with Crippen LogP contribution < -0.4 is 10.9 Å². The molecule has 4 rings (SSSR count). The molecule has 0 aliphatic rings. The molecule has 0 spiro atoms. The Kier molecular flexibility index (Phi) is 8.17. The molecule has 0 saturated heterocycles. The molecule has 8 nitrogen and oxygen atoms in total. The predicted octanol–water partition coefficient (Wildman–Crippen LogP) is 5.15. The second-order valence-corrected chi connectivity index (χ2v) is 8.76. The van der Waals surface area contributed by atoms with Crippen molar-refractivity contribution in [3.8, 4) is 11.3 Å². The summed E-state index contributed by atoms with van der Waals surface area (Å²) in [6, 6.07) is 7.52. The fraction of sp³-hybridized carbons (Fsp3) is 0.370. The molecule has 35 heavy (non-hydrogen) atoms. The van der Waals surface area contributed by atoms with E-state index in [0.717, 1.165) is 16.8 Å². The summed E-state index contributed by atoms with van der Waals surface area (Å²) in [6.45, 7) is 14.1. The number of nitrogens with zero attached hydrogens (tertiary/aromatic N) is 4. The highest BCUT2D eigenvalue weighted by atomic mass is 16.1. The van der Waals surface area contributed by atoms with Crippen molar-refractivity contribution in [1.82, 2.24) is 30.0 Å². The molecule has 1 amide bonds. The van der Waals surface area contributed by atoms with Crippen molar-refractivity contribution < 1.29 is 4.79 Å². The molecule has 0 unspecified atom stereocenters. The molecule has 184 valence electrons. The van der Waals surface area contributed by atoms with Gasteiger partial charge in [0.15, 0.2) is 5.65 Å². The highest BCUT2D eigenvalue weighted by Crippen LogP contribution is 2.26. The standard InChI is InChI=1S/C25H28N6O2.C2H6/c1-14(2)18-10-16(5)29-25(33)21(18)12-27-24(32)19-11-22(17-6-8-26-9-7-17)30-23-20(19)13-28-31(23)15(3)4;1-2/h6-11,13-15H,12H2,1-5H3,(H,27,32)(H,29,33);1-2H3. The van der Waals surface area contributed by atoms with Gasteiger partial charge in [0.05, 0.1) is 22.8 Å². The second-order valence-electron chi connectivity index (χ2n) is 8.76. The highest BCUT2D eigenvalue weighted by Gasteiger charge is 2.20. The van der Waals surface area contributed by atoms with E-state index in [1.54, 1.807) is 29.3 Å². The normalized spacial score (nSPS) is 11.0. The lowest BCUT2D eigenvalue weighted by molar-refractivity contribution is 0.0952. The number of carbonyl (C=O) groups excluding carboxylic acids is 1. The van der Waals surface area contributed by atoms with Gasteiger partial charge in [-0.2, -0.15) is 5.10 Å². The van der Waals surface area contributed by atoms with Gasteiger partial charge in [-0.05, 0) is 56.5 Å². The third kappa shape index (κ3) is 5.48. The van der Waals surface area contributed by atoms with Crippen molar-refractivity contribution in [2.45, 2.75) is 67.0 Å². The first-order chi connectivity index (χ1) is 16.8. The van der Waals surface area contributed by atoms with Gasteiger partial charge in [0, 0.05) is 41.8 Å². The second kappa shape index (κ2) is 11.1. The third-order valence-electron chi connectivity index (χ3n) is 5.63. The number of carbonyl (C=O) groups is 1. The van der Waals surface area contributed by atoms with Gasteiger partial charge < -0.3 is 10.3 Å². The molecule has 0 fully saturated rings. The van der Waals surface area contributed by atoms with Crippen LogP contribution in [-0.4, -0.2) is 30.6 Å². The summed E-state index contributed by atoms with van der Waals surface area (Å²) in [6.07, 6.45) is 5.06. The number of fused-ring (bicyclic) bond motifs is 1. The van der Waals surface area contributed by atoms with Crippen LogP contribution in [0, 0.1) is 6.92 Å². The van der Waals surface area contributed by atoms with Gasteiger partial charge in [-0.25, -0.2) is 9.67 Å². The van der Waals surface area contributed by atoms with E-state index in [1.165, 1.54) is 0 Å². The molecule has 0 saturated carbocycles. The fourth-order valence-electron chi connectivity index (χ4n) is 3.96. The number of nitrogens with one attached hydrogen (secondary N) is 2. The number of hydrogen-bond donors (Lipinski definition) is 2. The molecule has 8 heteroatoms. The molecule has 4 aromatic heterocycles. The van der Waals surface area contributed by atoms with Crippen LogP contribution >= 0.6 is 0 Å². The first-order valence-electron chi connectivity index (χ1n) is 12.1. The minimum atomic E-state index is -0.282. The molecule has 0 aliphatic heterocycles. The number of amides is 1. The van der Waals surface area contributed by atoms with Crippen molar-refractivity contribution in [3.63, 3.8) is 0 Å². The maximum Gasteiger partial charge on any atom is 0.253 e. The van der Waals surface area contributed by atoms with E-state index in [9.17, 15) is 9.59 Å². The van der Waals surface area contributed by atoms with Crippen LogP contribution in [-0.2, 0) is 6.54 Å². The van der Waals surface area contributed by atoms with Crippen molar-refractivity contribution in [1.29, 1.82) is 0 Å². The largest absolute Gasteiger partial charge is 0.348 e. The average molecular weight is 475 g/mol. The Balaban J connectivity index is 0.00000167.